The van der Waals surface area contributed by atoms with Gasteiger partial charge in [-0.05, 0) is 39.3 Å². The average Bonchev–Trinajstić information content (AvgIpc) is 2.31. The monoisotopic (exact) mass is 221 g/mol. The van der Waals surface area contributed by atoms with Gasteiger partial charge in [0, 0.05) is 19.3 Å². The maximum absolute atomic E-state index is 5.36. The molecule has 1 unspecified atom stereocenters. The van der Waals surface area contributed by atoms with Crippen LogP contribution in [0.2, 0.25) is 0 Å². The summed E-state index contributed by atoms with van der Waals surface area (Å²) in [5, 5.41) is 3.36. The van der Waals surface area contributed by atoms with Crippen LogP contribution in [0, 0.1) is 6.92 Å². The number of rotatable bonds is 7. The Labute approximate surface area is 99.0 Å². The molecule has 0 aliphatic heterocycles. The van der Waals surface area contributed by atoms with Crippen LogP contribution in [-0.4, -0.2) is 20.3 Å². The quantitative estimate of drug-likeness (QED) is 0.714. The van der Waals surface area contributed by atoms with Crippen molar-refractivity contribution in [1.29, 1.82) is 0 Å². The van der Waals surface area contributed by atoms with Gasteiger partial charge in [-0.25, -0.2) is 0 Å². The summed E-state index contributed by atoms with van der Waals surface area (Å²) in [7, 11) is 2.02. The summed E-state index contributed by atoms with van der Waals surface area (Å²) in [6.45, 7) is 5.83. The van der Waals surface area contributed by atoms with Gasteiger partial charge in [0.2, 0.25) is 0 Å². The highest BCUT2D eigenvalue weighted by atomic mass is 16.5. The van der Waals surface area contributed by atoms with E-state index in [1.165, 1.54) is 11.1 Å². The van der Waals surface area contributed by atoms with Crippen LogP contribution >= 0.6 is 0 Å². The van der Waals surface area contributed by atoms with Crippen molar-refractivity contribution >= 4 is 0 Å². The molecule has 1 aromatic carbocycles. The van der Waals surface area contributed by atoms with Crippen LogP contribution < -0.4 is 5.32 Å². The largest absolute Gasteiger partial charge is 0.382 e. The van der Waals surface area contributed by atoms with E-state index in [1.807, 2.05) is 14.0 Å². The Hall–Kier alpha value is -0.860. The summed E-state index contributed by atoms with van der Waals surface area (Å²) < 4.78 is 5.36. The first kappa shape index (κ1) is 13.2. The molecule has 0 amide bonds. The fourth-order valence-electron chi connectivity index (χ4n) is 1.81. The molecule has 1 N–H and O–H groups in total. The molecule has 1 aromatic rings. The highest BCUT2D eigenvalue weighted by Gasteiger charge is 2.07. The first-order valence-corrected chi connectivity index (χ1v) is 6.09. The molecule has 0 heterocycles. The van der Waals surface area contributed by atoms with Crippen LogP contribution in [0.1, 0.15) is 36.9 Å². The van der Waals surface area contributed by atoms with E-state index in [-0.39, 0.29) is 0 Å². The van der Waals surface area contributed by atoms with Crippen molar-refractivity contribution in [2.24, 2.45) is 0 Å². The predicted octanol–water partition coefficient (Wildman–Crippen LogP) is 3.07. The number of benzene rings is 1. The van der Waals surface area contributed by atoms with E-state index in [1.54, 1.807) is 0 Å². The number of nitrogens with one attached hydrogen (secondary N) is 1. The molecule has 90 valence electrons. The first-order valence-electron chi connectivity index (χ1n) is 6.09. The van der Waals surface area contributed by atoms with Crippen molar-refractivity contribution < 1.29 is 4.74 Å². The molecular weight excluding hydrogens is 198 g/mol. The van der Waals surface area contributed by atoms with Crippen molar-refractivity contribution in [3.05, 3.63) is 35.4 Å². The molecule has 0 aliphatic carbocycles. The van der Waals surface area contributed by atoms with Crippen molar-refractivity contribution in [2.75, 3.05) is 20.3 Å². The highest BCUT2D eigenvalue weighted by Crippen LogP contribution is 2.18. The molecule has 1 rings (SSSR count). The fourth-order valence-corrected chi connectivity index (χ4v) is 1.81. The molecule has 0 aromatic heterocycles. The second-order valence-electron chi connectivity index (χ2n) is 4.09. The van der Waals surface area contributed by atoms with E-state index in [2.05, 4.69) is 36.5 Å². The van der Waals surface area contributed by atoms with E-state index >= 15 is 0 Å². The molecule has 0 radical (unpaired) electrons. The molecule has 0 aliphatic rings. The standard InChI is InChI=1S/C14H23NO/c1-4-16-11-5-6-14(15-3)13-9-7-12(2)8-10-13/h7-10,14-15H,4-6,11H2,1-3H3. The van der Waals surface area contributed by atoms with E-state index in [0.717, 1.165) is 26.1 Å². The second-order valence-corrected chi connectivity index (χ2v) is 4.09. The zero-order valence-electron chi connectivity index (χ0n) is 10.6. The summed E-state index contributed by atoms with van der Waals surface area (Å²) in [6.07, 6.45) is 2.23. The maximum atomic E-state index is 5.36. The van der Waals surface area contributed by atoms with Gasteiger partial charge < -0.3 is 10.1 Å². The van der Waals surface area contributed by atoms with Crippen LogP contribution in [0.4, 0.5) is 0 Å². The van der Waals surface area contributed by atoms with Crippen molar-refractivity contribution in [3.63, 3.8) is 0 Å². The van der Waals surface area contributed by atoms with Crippen LogP contribution in [0.25, 0.3) is 0 Å². The van der Waals surface area contributed by atoms with Gasteiger partial charge in [0.05, 0.1) is 0 Å². The van der Waals surface area contributed by atoms with Crippen molar-refractivity contribution in [3.8, 4) is 0 Å². The molecule has 16 heavy (non-hydrogen) atoms. The third kappa shape index (κ3) is 4.33. The minimum atomic E-state index is 0.445. The van der Waals surface area contributed by atoms with Gasteiger partial charge in [0.15, 0.2) is 0 Å². The van der Waals surface area contributed by atoms with Crippen LogP contribution in [0.3, 0.4) is 0 Å². The third-order valence-corrected chi connectivity index (χ3v) is 2.81. The van der Waals surface area contributed by atoms with E-state index in [9.17, 15) is 0 Å². The maximum Gasteiger partial charge on any atom is 0.0466 e. The SMILES string of the molecule is CCOCCCC(NC)c1ccc(C)cc1. The van der Waals surface area contributed by atoms with E-state index in [0.29, 0.717) is 6.04 Å². The lowest BCUT2D eigenvalue weighted by atomic mass is 10.0. The minimum absolute atomic E-state index is 0.445. The number of ether oxygens (including phenoxy) is 1. The summed E-state index contributed by atoms with van der Waals surface area (Å²) in [4.78, 5) is 0. The van der Waals surface area contributed by atoms with Crippen molar-refractivity contribution in [2.45, 2.75) is 32.7 Å². The molecule has 0 saturated carbocycles. The molecule has 0 bridgehead atoms. The Kier molecular flexibility index (Phi) is 6.12. The Morgan fingerprint density at radius 2 is 1.94 bits per heavy atom. The number of hydrogen-bond acceptors (Lipinski definition) is 2. The topological polar surface area (TPSA) is 21.3 Å². The highest BCUT2D eigenvalue weighted by molar-refractivity contribution is 5.23. The molecule has 2 nitrogen and oxygen atoms in total. The van der Waals surface area contributed by atoms with E-state index < -0.39 is 0 Å². The predicted molar refractivity (Wildman–Crippen MR) is 68.7 cm³/mol. The molecule has 1 atom stereocenters. The van der Waals surface area contributed by atoms with Gasteiger partial charge in [-0.2, -0.15) is 0 Å². The lowest BCUT2D eigenvalue weighted by Crippen LogP contribution is -2.16. The van der Waals surface area contributed by atoms with Gasteiger partial charge in [0.25, 0.3) is 0 Å². The summed E-state index contributed by atoms with van der Waals surface area (Å²) >= 11 is 0. The van der Waals surface area contributed by atoms with Gasteiger partial charge in [-0.1, -0.05) is 29.8 Å². The molecule has 0 spiro atoms. The van der Waals surface area contributed by atoms with Gasteiger partial charge in [-0.15, -0.1) is 0 Å². The lowest BCUT2D eigenvalue weighted by Gasteiger charge is -2.16. The van der Waals surface area contributed by atoms with Crippen LogP contribution in [-0.2, 0) is 4.74 Å². The molecular formula is C14H23NO. The minimum Gasteiger partial charge on any atom is -0.382 e. The van der Waals surface area contributed by atoms with Crippen LogP contribution in [0.15, 0.2) is 24.3 Å². The zero-order valence-corrected chi connectivity index (χ0v) is 10.6. The molecule has 0 fully saturated rings. The Morgan fingerprint density at radius 3 is 2.50 bits per heavy atom. The Balaban J connectivity index is 2.44. The number of hydrogen-bond donors (Lipinski definition) is 1. The van der Waals surface area contributed by atoms with Gasteiger partial charge >= 0.3 is 0 Å². The van der Waals surface area contributed by atoms with Crippen molar-refractivity contribution in [1.82, 2.24) is 5.32 Å². The Morgan fingerprint density at radius 1 is 1.25 bits per heavy atom. The second kappa shape index (κ2) is 7.42. The normalized spacial score (nSPS) is 12.7. The summed E-state index contributed by atoms with van der Waals surface area (Å²) in [5.74, 6) is 0. The van der Waals surface area contributed by atoms with E-state index in [4.69, 9.17) is 4.74 Å². The Bertz CT molecular complexity index is 281. The third-order valence-electron chi connectivity index (χ3n) is 2.81. The first-order chi connectivity index (χ1) is 7.77. The summed E-state index contributed by atoms with van der Waals surface area (Å²) in [5.41, 5.74) is 2.68. The summed E-state index contributed by atoms with van der Waals surface area (Å²) in [6, 6.07) is 9.19. The average molecular weight is 221 g/mol. The smallest absolute Gasteiger partial charge is 0.0466 e. The van der Waals surface area contributed by atoms with Gasteiger partial charge in [-0.3, -0.25) is 0 Å². The molecule has 0 saturated heterocycles. The molecule has 2 heteroatoms. The lowest BCUT2D eigenvalue weighted by molar-refractivity contribution is 0.141. The van der Waals surface area contributed by atoms with Gasteiger partial charge in [0.1, 0.15) is 0 Å². The fraction of sp³-hybridized carbons (Fsp3) is 0.571. The zero-order chi connectivity index (χ0) is 11.8. The van der Waals surface area contributed by atoms with Crippen LogP contribution in [0.5, 0.6) is 0 Å². The number of aryl methyl sites for hydroxylation is 1.